The Labute approximate surface area is 123 Å². The molecule has 20 heavy (non-hydrogen) atoms. The fraction of sp³-hybridized carbons (Fsp3) is 0.571. The molecule has 0 bridgehead atoms. The molecule has 1 fully saturated rings. The van der Waals surface area contributed by atoms with Crippen LogP contribution in [0.2, 0.25) is 0 Å². The second kappa shape index (κ2) is 6.85. The largest absolute Gasteiger partial charge is 0.355 e. The van der Waals surface area contributed by atoms with Crippen LogP contribution in [-0.4, -0.2) is 42.9 Å². The number of likely N-dealkylation sites (tertiary alicyclic amines) is 1. The molecule has 2 rings (SSSR count). The molecule has 5 nitrogen and oxygen atoms in total. The number of piperidine rings is 1. The van der Waals surface area contributed by atoms with E-state index in [2.05, 4.69) is 5.32 Å². The van der Waals surface area contributed by atoms with E-state index in [1.807, 2.05) is 17.7 Å². The van der Waals surface area contributed by atoms with Crippen molar-refractivity contribution < 1.29 is 9.59 Å². The summed E-state index contributed by atoms with van der Waals surface area (Å²) in [6.45, 7) is 4.11. The van der Waals surface area contributed by atoms with Crippen molar-refractivity contribution in [2.24, 2.45) is 11.7 Å². The lowest BCUT2D eigenvalue weighted by Gasteiger charge is -2.32. The van der Waals surface area contributed by atoms with E-state index in [0.29, 0.717) is 19.6 Å². The van der Waals surface area contributed by atoms with Gasteiger partial charge in [-0.25, -0.2) is 0 Å². The van der Waals surface area contributed by atoms with Gasteiger partial charge in [0.05, 0.1) is 11.5 Å². The normalized spacial score (nSPS) is 18.9. The first-order chi connectivity index (χ1) is 9.63. The summed E-state index contributed by atoms with van der Waals surface area (Å²) in [5.74, 6) is -0.0618. The van der Waals surface area contributed by atoms with E-state index in [9.17, 15) is 9.59 Å². The Morgan fingerprint density at radius 1 is 1.50 bits per heavy atom. The van der Waals surface area contributed by atoms with Gasteiger partial charge in [-0.2, -0.15) is 11.3 Å². The molecule has 2 amide bonds. The maximum atomic E-state index is 12.4. The van der Waals surface area contributed by atoms with E-state index in [-0.39, 0.29) is 17.7 Å². The predicted molar refractivity (Wildman–Crippen MR) is 79.7 cm³/mol. The van der Waals surface area contributed by atoms with E-state index in [1.54, 1.807) is 4.90 Å². The zero-order valence-corrected chi connectivity index (χ0v) is 12.5. The van der Waals surface area contributed by atoms with Crippen LogP contribution in [0.5, 0.6) is 0 Å². The molecule has 3 N–H and O–H groups in total. The Morgan fingerprint density at radius 2 is 2.30 bits per heavy atom. The van der Waals surface area contributed by atoms with Crippen molar-refractivity contribution in [2.75, 3.05) is 26.2 Å². The lowest BCUT2D eigenvalue weighted by Crippen LogP contribution is -2.46. The quantitative estimate of drug-likeness (QED) is 0.869. The summed E-state index contributed by atoms with van der Waals surface area (Å²) < 4.78 is 0. The van der Waals surface area contributed by atoms with E-state index in [1.165, 1.54) is 11.3 Å². The van der Waals surface area contributed by atoms with Crippen molar-refractivity contribution in [3.63, 3.8) is 0 Å². The summed E-state index contributed by atoms with van der Waals surface area (Å²) in [5, 5.41) is 6.67. The topological polar surface area (TPSA) is 75.4 Å². The molecule has 1 aliphatic heterocycles. The van der Waals surface area contributed by atoms with Gasteiger partial charge in [-0.15, -0.1) is 0 Å². The second-order valence-electron chi connectivity index (χ2n) is 5.14. The third-order valence-electron chi connectivity index (χ3n) is 3.61. The first-order valence-electron chi connectivity index (χ1n) is 6.93. The lowest BCUT2D eigenvalue weighted by molar-refractivity contribution is -0.126. The number of hydrogen-bond acceptors (Lipinski definition) is 4. The number of hydrogen-bond donors (Lipinski definition) is 2. The Morgan fingerprint density at radius 3 is 2.95 bits per heavy atom. The summed E-state index contributed by atoms with van der Waals surface area (Å²) >= 11 is 1.54. The van der Waals surface area contributed by atoms with Gasteiger partial charge in [0.15, 0.2) is 0 Å². The SMILES string of the molecule is Cc1cscc1C(=O)N1CCCC(C(=O)NCCN)C1. The zero-order valence-electron chi connectivity index (χ0n) is 11.7. The summed E-state index contributed by atoms with van der Waals surface area (Å²) in [7, 11) is 0. The van der Waals surface area contributed by atoms with Crippen LogP contribution in [0, 0.1) is 12.8 Å². The van der Waals surface area contributed by atoms with Crippen LogP contribution < -0.4 is 11.1 Å². The highest BCUT2D eigenvalue weighted by Gasteiger charge is 2.29. The van der Waals surface area contributed by atoms with Gasteiger partial charge >= 0.3 is 0 Å². The van der Waals surface area contributed by atoms with Gasteiger partial charge < -0.3 is 16.0 Å². The molecule has 0 aromatic carbocycles. The molecular formula is C14H21N3O2S. The van der Waals surface area contributed by atoms with Crippen molar-refractivity contribution >= 4 is 23.2 Å². The van der Waals surface area contributed by atoms with E-state index in [0.717, 1.165) is 30.5 Å². The zero-order chi connectivity index (χ0) is 14.5. The highest BCUT2D eigenvalue weighted by atomic mass is 32.1. The van der Waals surface area contributed by atoms with Crippen molar-refractivity contribution in [1.82, 2.24) is 10.2 Å². The molecule has 1 saturated heterocycles. The minimum atomic E-state index is -0.113. The minimum absolute atomic E-state index is 0.00925. The molecule has 2 heterocycles. The molecule has 1 atom stereocenters. The minimum Gasteiger partial charge on any atom is -0.355 e. The summed E-state index contributed by atoms with van der Waals surface area (Å²) in [4.78, 5) is 26.2. The molecular weight excluding hydrogens is 274 g/mol. The summed E-state index contributed by atoms with van der Waals surface area (Å²) in [6.07, 6.45) is 1.71. The maximum absolute atomic E-state index is 12.4. The van der Waals surface area contributed by atoms with Crippen molar-refractivity contribution in [3.8, 4) is 0 Å². The molecule has 1 aliphatic rings. The Kier molecular flexibility index (Phi) is 5.14. The van der Waals surface area contributed by atoms with Gasteiger partial charge in [-0.1, -0.05) is 0 Å². The van der Waals surface area contributed by atoms with Crippen molar-refractivity contribution in [1.29, 1.82) is 0 Å². The number of thiophene rings is 1. The van der Waals surface area contributed by atoms with E-state index in [4.69, 9.17) is 5.73 Å². The van der Waals surface area contributed by atoms with Crippen LogP contribution in [0.15, 0.2) is 10.8 Å². The fourth-order valence-electron chi connectivity index (χ4n) is 2.47. The number of carbonyl (C=O) groups excluding carboxylic acids is 2. The van der Waals surface area contributed by atoms with Crippen molar-refractivity contribution in [3.05, 3.63) is 21.9 Å². The Bertz CT molecular complexity index is 487. The van der Waals surface area contributed by atoms with Crippen LogP contribution in [-0.2, 0) is 4.79 Å². The van der Waals surface area contributed by atoms with Crippen LogP contribution in [0.25, 0.3) is 0 Å². The fourth-order valence-corrected chi connectivity index (χ4v) is 3.29. The Hall–Kier alpha value is -1.40. The second-order valence-corrected chi connectivity index (χ2v) is 5.88. The first-order valence-corrected chi connectivity index (χ1v) is 7.87. The molecule has 110 valence electrons. The van der Waals surface area contributed by atoms with Gasteiger partial charge in [0.25, 0.3) is 5.91 Å². The van der Waals surface area contributed by atoms with E-state index >= 15 is 0 Å². The van der Waals surface area contributed by atoms with Crippen LogP contribution in [0.3, 0.4) is 0 Å². The molecule has 1 unspecified atom stereocenters. The van der Waals surface area contributed by atoms with Crippen LogP contribution >= 0.6 is 11.3 Å². The maximum Gasteiger partial charge on any atom is 0.254 e. The monoisotopic (exact) mass is 295 g/mol. The number of carbonyl (C=O) groups is 2. The van der Waals surface area contributed by atoms with Crippen molar-refractivity contribution in [2.45, 2.75) is 19.8 Å². The van der Waals surface area contributed by atoms with Gasteiger partial charge in [-0.05, 0) is 30.7 Å². The van der Waals surface area contributed by atoms with E-state index < -0.39 is 0 Å². The van der Waals surface area contributed by atoms with Gasteiger partial charge in [0.2, 0.25) is 5.91 Å². The molecule has 0 spiro atoms. The predicted octanol–water partition coefficient (Wildman–Crippen LogP) is 0.984. The van der Waals surface area contributed by atoms with Gasteiger partial charge in [0.1, 0.15) is 0 Å². The van der Waals surface area contributed by atoms with Crippen LogP contribution in [0.4, 0.5) is 0 Å². The van der Waals surface area contributed by atoms with Gasteiger partial charge in [0, 0.05) is 31.6 Å². The number of aryl methyl sites for hydroxylation is 1. The number of nitrogens with two attached hydrogens (primary N) is 1. The molecule has 0 aliphatic carbocycles. The summed E-state index contributed by atoms with van der Waals surface area (Å²) in [6, 6.07) is 0. The standard InChI is InChI=1S/C14H21N3O2S/c1-10-8-20-9-12(10)14(19)17-6-2-3-11(7-17)13(18)16-5-4-15/h8-9,11H,2-7,15H2,1H3,(H,16,18). The average molecular weight is 295 g/mol. The molecule has 0 saturated carbocycles. The number of nitrogens with one attached hydrogen (secondary N) is 1. The molecule has 1 aromatic rings. The lowest BCUT2D eigenvalue weighted by atomic mass is 9.96. The third kappa shape index (κ3) is 3.37. The number of amides is 2. The number of nitrogens with zero attached hydrogens (tertiary/aromatic N) is 1. The smallest absolute Gasteiger partial charge is 0.254 e. The molecule has 0 radical (unpaired) electrons. The Balaban J connectivity index is 1.98. The van der Waals surface area contributed by atoms with Crippen LogP contribution in [0.1, 0.15) is 28.8 Å². The highest BCUT2D eigenvalue weighted by Crippen LogP contribution is 2.21. The third-order valence-corrected chi connectivity index (χ3v) is 4.47. The molecule has 1 aromatic heterocycles. The van der Waals surface area contributed by atoms with Gasteiger partial charge in [-0.3, -0.25) is 9.59 Å². The number of rotatable bonds is 4. The highest BCUT2D eigenvalue weighted by molar-refractivity contribution is 7.08. The summed E-state index contributed by atoms with van der Waals surface area (Å²) in [5.41, 5.74) is 7.16. The molecule has 6 heteroatoms. The first kappa shape index (κ1) is 15.0. The average Bonchev–Trinajstić information content (AvgIpc) is 2.90.